The van der Waals surface area contributed by atoms with Gasteiger partial charge in [-0.2, -0.15) is 0 Å². The Labute approximate surface area is 201 Å². The van der Waals surface area contributed by atoms with Gasteiger partial charge in [-0.3, -0.25) is 24.5 Å². The zero-order valence-corrected chi connectivity index (χ0v) is 19.4. The summed E-state index contributed by atoms with van der Waals surface area (Å²) in [6.07, 6.45) is 4.11. The molecule has 3 heterocycles. The number of unbranched alkanes of at least 4 members (excludes halogenated alkanes) is 2. The summed E-state index contributed by atoms with van der Waals surface area (Å²) in [4.78, 5) is 49.7. The van der Waals surface area contributed by atoms with Gasteiger partial charge in [0.25, 0.3) is 5.92 Å². The van der Waals surface area contributed by atoms with Crippen LogP contribution in [0.3, 0.4) is 0 Å². The van der Waals surface area contributed by atoms with Crippen molar-refractivity contribution in [1.82, 2.24) is 10.2 Å². The molecule has 2 aliphatic rings. The number of amides is 4. The molecule has 1 aromatic heterocycles. The standard InChI is InChI=1S/C25H29F2N3O5/c26-25(27)10-12-30(13-11-25)23(33)5-3-1-2-4-21(31)28-16-6-8-20-18(14-16)19(15-35-20)17-7-9-22(32)29-24(17)34/h6,8,14-15,17H,1-5,7,9-13H2,(H,28,31)(H,29,32,34). The van der Waals surface area contributed by atoms with Crippen LogP contribution in [0.25, 0.3) is 11.0 Å². The molecule has 0 spiro atoms. The van der Waals surface area contributed by atoms with Gasteiger partial charge in [-0.1, -0.05) is 6.42 Å². The van der Waals surface area contributed by atoms with Crippen LogP contribution in [0.5, 0.6) is 0 Å². The second-order valence-corrected chi connectivity index (χ2v) is 9.25. The molecule has 0 bridgehead atoms. The molecule has 1 atom stereocenters. The Hall–Kier alpha value is -3.30. The number of carbonyl (C=O) groups excluding carboxylic acids is 4. The highest BCUT2D eigenvalue weighted by atomic mass is 19.3. The molecule has 2 aromatic rings. The van der Waals surface area contributed by atoms with E-state index in [-0.39, 0.29) is 62.4 Å². The molecular formula is C25H29F2N3O5. The number of halogens is 2. The number of nitrogens with one attached hydrogen (secondary N) is 2. The molecule has 10 heteroatoms. The van der Waals surface area contributed by atoms with Gasteiger partial charge < -0.3 is 14.6 Å². The second-order valence-electron chi connectivity index (χ2n) is 9.25. The fourth-order valence-corrected chi connectivity index (χ4v) is 4.59. The monoisotopic (exact) mass is 489 g/mol. The van der Waals surface area contributed by atoms with Crippen molar-refractivity contribution in [3.05, 3.63) is 30.0 Å². The van der Waals surface area contributed by atoms with E-state index in [4.69, 9.17) is 4.42 Å². The van der Waals surface area contributed by atoms with Crippen molar-refractivity contribution in [3.63, 3.8) is 0 Å². The third kappa shape index (κ3) is 6.23. The Kier molecular flexibility index (Phi) is 7.47. The summed E-state index contributed by atoms with van der Waals surface area (Å²) < 4.78 is 32.0. The van der Waals surface area contributed by atoms with Crippen LogP contribution in [0.15, 0.2) is 28.9 Å². The lowest BCUT2D eigenvalue weighted by Gasteiger charge is -2.31. The van der Waals surface area contributed by atoms with E-state index in [2.05, 4.69) is 10.6 Å². The van der Waals surface area contributed by atoms with E-state index in [0.29, 0.717) is 54.3 Å². The third-order valence-corrected chi connectivity index (χ3v) is 6.64. The van der Waals surface area contributed by atoms with Gasteiger partial charge in [0.15, 0.2) is 0 Å². The van der Waals surface area contributed by atoms with Crippen LogP contribution in [-0.4, -0.2) is 47.5 Å². The fraction of sp³-hybridized carbons (Fsp3) is 0.520. The summed E-state index contributed by atoms with van der Waals surface area (Å²) in [6.45, 7) is 0.195. The van der Waals surface area contributed by atoms with Crippen LogP contribution >= 0.6 is 0 Å². The Bertz CT molecular complexity index is 1120. The molecule has 0 aliphatic carbocycles. The van der Waals surface area contributed by atoms with Crippen molar-refractivity contribution in [2.45, 2.75) is 69.6 Å². The predicted octanol–water partition coefficient (Wildman–Crippen LogP) is 4.10. The van der Waals surface area contributed by atoms with Crippen molar-refractivity contribution < 1.29 is 32.4 Å². The molecule has 35 heavy (non-hydrogen) atoms. The lowest BCUT2D eigenvalue weighted by molar-refractivity contribution is -0.137. The molecule has 1 aromatic carbocycles. The Morgan fingerprint density at radius 1 is 1.11 bits per heavy atom. The van der Waals surface area contributed by atoms with E-state index < -0.39 is 11.8 Å². The fourth-order valence-electron chi connectivity index (χ4n) is 4.59. The molecule has 2 aliphatic heterocycles. The first-order valence-corrected chi connectivity index (χ1v) is 12.0. The average Bonchev–Trinajstić information content (AvgIpc) is 3.21. The Balaban J connectivity index is 1.22. The van der Waals surface area contributed by atoms with Crippen LogP contribution in [0.4, 0.5) is 14.5 Å². The maximum Gasteiger partial charge on any atom is 0.251 e. The number of nitrogens with zero attached hydrogens (tertiary/aromatic N) is 1. The number of benzene rings is 1. The summed E-state index contributed by atoms with van der Waals surface area (Å²) in [5.41, 5.74) is 1.85. The maximum atomic E-state index is 13.2. The lowest BCUT2D eigenvalue weighted by Crippen LogP contribution is -2.42. The van der Waals surface area contributed by atoms with Crippen molar-refractivity contribution in [3.8, 4) is 0 Å². The third-order valence-electron chi connectivity index (χ3n) is 6.64. The number of furan rings is 1. The molecule has 188 valence electrons. The normalized spacial score (nSPS) is 20.1. The van der Waals surface area contributed by atoms with Crippen molar-refractivity contribution in [1.29, 1.82) is 0 Å². The van der Waals surface area contributed by atoms with Crippen LogP contribution < -0.4 is 10.6 Å². The van der Waals surface area contributed by atoms with Gasteiger partial charge in [0, 0.05) is 61.8 Å². The maximum absolute atomic E-state index is 13.2. The molecule has 0 radical (unpaired) electrons. The first-order chi connectivity index (χ1) is 16.7. The number of imide groups is 1. The minimum atomic E-state index is -2.67. The van der Waals surface area contributed by atoms with Gasteiger partial charge in [0.2, 0.25) is 23.6 Å². The Morgan fingerprint density at radius 3 is 2.60 bits per heavy atom. The summed E-state index contributed by atoms with van der Waals surface area (Å²) in [6, 6.07) is 5.21. The average molecular weight is 490 g/mol. The summed E-state index contributed by atoms with van der Waals surface area (Å²) >= 11 is 0. The van der Waals surface area contributed by atoms with Crippen LogP contribution in [0, 0.1) is 0 Å². The van der Waals surface area contributed by atoms with Crippen molar-refractivity contribution in [2.75, 3.05) is 18.4 Å². The zero-order chi connectivity index (χ0) is 25.0. The molecule has 1 unspecified atom stereocenters. The number of carbonyl (C=O) groups is 4. The van der Waals surface area contributed by atoms with E-state index in [1.807, 2.05) is 0 Å². The lowest BCUT2D eigenvalue weighted by atomic mass is 9.90. The predicted molar refractivity (Wildman–Crippen MR) is 124 cm³/mol. The first-order valence-electron chi connectivity index (χ1n) is 12.0. The van der Waals surface area contributed by atoms with Gasteiger partial charge in [0.05, 0.1) is 12.2 Å². The quantitative estimate of drug-likeness (QED) is 0.429. The number of anilines is 1. The smallest absolute Gasteiger partial charge is 0.251 e. The van der Waals surface area contributed by atoms with Gasteiger partial charge in [0.1, 0.15) is 5.58 Å². The summed E-state index contributed by atoms with van der Waals surface area (Å²) in [7, 11) is 0. The largest absolute Gasteiger partial charge is 0.464 e. The highest BCUT2D eigenvalue weighted by Crippen LogP contribution is 2.34. The van der Waals surface area contributed by atoms with E-state index in [0.717, 1.165) is 0 Å². The van der Waals surface area contributed by atoms with Crippen LogP contribution in [0.2, 0.25) is 0 Å². The number of rotatable bonds is 8. The van der Waals surface area contributed by atoms with E-state index in [9.17, 15) is 28.0 Å². The number of piperidine rings is 2. The summed E-state index contributed by atoms with van der Waals surface area (Å²) in [5.74, 6) is -4.06. The van der Waals surface area contributed by atoms with Gasteiger partial charge in [-0.05, 0) is 37.5 Å². The molecular weight excluding hydrogens is 460 g/mol. The van der Waals surface area contributed by atoms with Gasteiger partial charge >= 0.3 is 0 Å². The number of likely N-dealkylation sites (tertiary alicyclic amines) is 1. The van der Waals surface area contributed by atoms with E-state index >= 15 is 0 Å². The molecule has 4 rings (SSSR count). The second kappa shape index (κ2) is 10.5. The minimum Gasteiger partial charge on any atom is -0.464 e. The minimum absolute atomic E-state index is 0.0977. The molecule has 2 fully saturated rings. The molecule has 2 saturated heterocycles. The highest BCUT2D eigenvalue weighted by molar-refractivity contribution is 6.03. The number of hydrogen-bond donors (Lipinski definition) is 2. The zero-order valence-electron chi connectivity index (χ0n) is 19.4. The molecule has 4 amide bonds. The molecule has 8 nitrogen and oxygen atoms in total. The van der Waals surface area contributed by atoms with Crippen LogP contribution in [0.1, 0.15) is 69.3 Å². The van der Waals surface area contributed by atoms with Crippen molar-refractivity contribution >= 4 is 40.3 Å². The van der Waals surface area contributed by atoms with E-state index in [1.165, 1.54) is 11.2 Å². The SMILES string of the molecule is O=C1CCC(c2coc3ccc(NC(=O)CCCCCC(=O)N4CCC(F)(F)CC4)cc23)C(=O)N1. The topological polar surface area (TPSA) is 109 Å². The number of fused-ring (bicyclic) bond motifs is 1. The molecule has 0 saturated carbocycles. The van der Waals surface area contributed by atoms with Crippen molar-refractivity contribution in [2.24, 2.45) is 0 Å². The number of alkyl halides is 2. The van der Waals surface area contributed by atoms with E-state index in [1.54, 1.807) is 18.2 Å². The van der Waals surface area contributed by atoms with Crippen LogP contribution in [-0.2, 0) is 19.2 Å². The van der Waals surface area contributed by atoms with Gasteiger partial charge in [-0.15, -0.1) is 0 Å². The summed E-state index contributed by atoms with van der Waals surface area (Å²) in [5, 5.41) is 5.91. The first kappa shape index (κ1) is 24.8. The highest BCUT2D eigenvalue weighted by Gasteiger charge is 2.35. The molecule has 2 N–H and O–H groups in total. The number of hydrogen-bond acceptors (Lipinski definition) is 5. The van der Waals surface area contributed by atoms with Gasteiger partial charge in [-0.25, -0.2) is 8.78 Å². The Morgan fingerprint density at radius 2 is 1.86 bits per heavy atom.